The average molecular weight is 361 g/mol. The van der Waals surface area contributed by atoms with Crippen LogP contribution < -0.4 is 14.2 Å². The summed E-state index contributed by atoms with van der Waals surface area (Å²) < 4.78 is 21.3. The average Bonchev–Trinajstić information content (AvgIpc) is 3.36. The number of carbonyl (C=O) groups excluding carboxylic acids is 1. The zero-order valence-electron chi connectivity index (χ0n) is 15.3. The van der Waals surface area contributed by atoms with Gasteiger partial charge >= 0.3 is 0 Å². The third-order valence-electron chi connectivity index (χ3n) is 4.40. The maximum absolute atomic E-state index is 12.1. The molecular formula is C18H23N3O5. The van der Waals surface area contributed by atoms with Gasteiger partial charge in [-0.25, -0.2) is 0 Å². The number of aryl methyl sites for hydroxylation is 1. The van der Waals surface area contributed by atoms with Crippen molar-refractivity contribution in [2.75, 3.05) is 34.4 Å². The molecule has 0 aliphatic carbocycles. The molecule has 0 saturated carbocycles. The Morgan fingerprint density at radius 3 is 2.35 bits per heavy atom. The molecule has 2 aromatic rings. The minimum absolute atomic E-state index is 0.134. The van der Waals surface area contributed by atoms with Gasteiger partial charge < -0.3 is 23.6 Å². The number of likely N-dealkylation sites (tertiary alicyclic amines) is 1. The Hall–Kier alpha value is -2.77. The number of nitrogens with zero attached hydrogens (tertiary/aromatic N) is 3. The van der Waals surface area contributed by atoms with E-state index in [4.69, 9.17) is 18.7 Å². The van der Waals surface area contributed by atoms with Crippen molar-refractivity contribution in [2.24, 2.45) is 0 Å². The van der Waals surface area contributed by atoms with Gasteiger partial charge in [-0.05, 0) is 25.0 Å². The summed E-state index contributed by atoms with van der Waals surface area (Å²) in [6.45, 7) is 1.69. The van der Waals surface area contributed by atoms with Crippen LogP contribution in [0.15, 0.2) is 16.7 Å². The van der Waals surface area contributed by atoms with Crippen LogP contribution in [0.25, 0.3) is 11.4 Å². The van der Waals surface area contributed by atoms with Crippen LogP contribution >= 0.6 is 0 Å². The molecule has 3 rings (SSSR count). The fourth-order valence-electron chi connectivity index (χ4n) is 3.02. The van der Waals surface area contributed by atoms with Crippen molar-refractivity contribution in [1.29, 1.82) is 0 Å². The van der Waals surface area contributed by atoms with Crippen molar-refractivity contribution in [3.05, 3.63) is 18.0 Å². The second-order valence-corrected chi connectivity index (χ2v) is 6.01. The molecule has 0 bridgehead atoms. The summed E-state index contributed by atoms with van der Waals surface area (Å²) in [7, 11) is 4.64. The van der Waals surface area contributed by atoms with Gasteiger partial charge in [0.25, 0.3) is 0 Å². The van der Waals surface area contributed by atoms with Gasteiger partial charge in [-0.1, -0.05) is 5.16 Å². The molecule has 2 heterocycles. The van der Waals surface area contributed by atoms with Gasteiger partial charge in [0.15, 0.2) is 11.5 Å². The summed E-state index contributed by atoms with van der Waals surface area (Å²) >= 11 is 0. The zero-order chi connectivity index (χ0) is 18.5. The van der Waals surface area contributed by atoms with Gasteiger partial charge in [-0.2, -0.15) is 4.98 Å². The molecule has 1 fully saturated rings. The van der Waals surface area contributed by atoms with Gasteiger partial charge in [0, 0.05) is 31.5 Å². The number of benzene rings is 1. The second-order valence-electron chi connectivity index (χ2n) is 6.01. The Labute approximate surface area is 152 Å². The van der Waals surface area contributed by atoms with Crippen molar-refractivity contribution >= 4 is 5.91 Å². The van der Waals surface area contributed by atoms with Crippen molar-refractivity contribution < 1.29 is 23.5 Å². The molecule has 1 saturated heterocycles. The number of amides is 1. The van der Waals surface area contributed by atoms with Crippen molar-refractivity contribution in [3.63, 3.8) is 0 Å². The number of ether oxygens (including phenoxy) is 3. The van der Waals surface area contributed by atoms with Crippen LogP contribution in [-0.4, -0.2) is 55.4 Å². The van der Waals surface area contributed by atoms with Crippen LogP contribution in [0.2, 0.25) is 0 Å². The van der Waals surface area contributed by atoms with Crippen molar-refractivity contribution in [1.82, 2.24) is 15.0 Å². The third kappa shape index (κ3) is 3.74. The lowest BCUT2D eigenvalue weighted by atomic mass is 10.1. The van der Waals surface area contributed by atoms with Crippen molar-refractivity contribution in [2.45, 2.75) is 25.7 Å². The van der Waals surface area contributed by atoms with E-state index in [2.05, 4.69) is 10.1 Å². The lowest BCUT2D eigenvalue weighted by molar-refractivity contribution is -0.130. The van der Waals surface area contributed by atoms with E-state index >= 15 is 0 Å². The summed E-state index contributed by atoms with van der Waals surface area (Å²) in [4.78, 5) is 18.4. The van der Waals surface area contributed by atoms with Gasteiger partial charge in [0.1, 0.15) is 0 Å². The molecule has 0 atom stereocenters. The Morgan fingerprint density at radius 1 is 1.12 bits per heavy atom. The van der Waals surface area contributed by atoms with Crippen LogP contribution in [0.1, 0.15) is 25.2 Å². The number of hydrogen-bond donors (Lipinski definition) is 0. The maximum atomic E-state index is 12.1. The van der Waals surface area contributed by atoms with E-state index in [0.717, 1.165) is 25.9 Å². The topological polar surface area (TPSA) is 86.9 Å². The van der Waals surface area contributed by atoms with Gasteiger partial charge in [-0.3, -0.25) is 4.79 Å². The monoisotopic (exact) mass is 361 g/mol. The molecule has 0 radical (unpaired) electrons. The lowest BCUT2D eigenvalue weighted by Gasteiger charge is -2.13. The van der Waals surface area contributed by atoms with Gasteiger partial charge in [0.05, 0.1) is 21.3 Å². The van der Waals surface area contributed by atoms with E-state index in [1.807, 2.05) is 4.90 Å². The second kappa shape index (κ2) is 8.07. The predicted octanol–water partition coefficient (Wildman–Crippen LogP) is 2.32. The molecule has 0 N–H and O–H groups in total. The van der Waals surface area contributed by atoms with E-state index < -0.39 is 0 Å². The summed E-state index contributed by atoms with van der Waals surface area (Å²) in [6.07, 6.45) is 2.96. The van der Waals surface area contributed by atoms with Crippen LogP contribution in [0.4, 0.5) is 0 Å². The summed E-state index contributed by atoms with van der Waals surface area (Å²) in [5, 5.41) is 4.01. The highest BCUT2D eigenvalue weighted by Crippen LogP contribution is 2.40. The third-order valence-corrected chi connectivity index (χ3v) is 4.40. The van der Waals surface area contributed by atoms with Crippen LogP contribution in [0.3, 0.4) is 0 Å². The fraction of sp³-hybridized carbons (Fsp3) is 0.500. The Morgan fingerprint density at radius 2 is 1.77 bits per heavy atom. The van der Waals surface area contributed by atoms with Crippen LogP contribution in [0.5, 0.6) is 17.2 Å². The van der Waals surface area contributed by atoms with Gasteiger partial charge in [-0.15, -0.1) is 0 Å². The fourth-order valence-corrected chi connectivity index (χ4v) is 3.02. The van der Waals surface area contributed by atoms with Crippen LogP contribution in [0, 0.1) is 0 Å². The molecule has 8 nitrogen and oxygen atoms in total. The largest absolute Gasteiger partial charge is 0.493 e. The highest BCUT2D eigenvalue weighted by molar-refractivity contribution is 5.76. The SMILES string of the molecule is COc1cc(-c2noc(CCC(=O)N3CCCC3)n2)cc(OC)c1OC. The first-order chi connectivity index (χ1) is 12.7. The van der Waals surface area contributed by atoms with Crippen LogP contribution in [-0.2, 0) is 11.2 Å². The standard InChI is InChI=1S/C18H23N3O5/c1-23-13-10-12(11-14(24-2)17(13)25-3)18-19-15(26-20-18)6-7-16(22)21-8-4-5-9-21/h10-11H,4-9H2,1-3H3. The molecule has 1 aromatic heterocycles. The lowest BCUT2D eigenvalue weighted by Crippen LogP contribution is -2.27. The summed E-state index contributed by atoms with van der Waals surface area (Å²) in [5.41, 5.74) is 0.681. The molecular weight excluding hydrogens is 338 g/mol. The van der Waals surface area contributed by atoms with E-state index in [1.54, 1.807) is 33.5 Å². The minimum Gasteiger partial charge on any atom is -0.493 e. The highest BCUT2D eigenvalue weighted by atomic mass is 16.5. The number of carbonyl (C=O) groups is 1. The molecule has 8 heteroatoms. The van der Waals surface area contributed by atoms with E-state index in [1.165, 1.54) is 0 Å². The normalized spacial score (nSPS) is 13.7. The quantitative estimate of drug-likeness (QED) is 0.748. The molecule has 1 amide bonds. The molecule has 1 aliphatic rings. The Bertz CT molecular complexity index is 743. The zero-order valence-corrected chi connectivity index (χ0v) is 15.3. The van der Waals surface area contributed by atoms with E-state index in [9.17, 15) is 4.79 Å². The van der Waals surface area contributed by atoms with E-state index in [0.29, 0.717) is 47.4 Å². The van der Waals surface area contributed by atoms with E-state index in [-0.39, 0.29) is 5.91 Å². The molecule has 1 aromatic carbocycles. The molecule has 0 unspecified atom stereocenters. The minimum atomic E-state index is 0.134. The first kappa shape index (κ1) is 18.0. The number of hydrogen-bond acceptors (Lipinski definition) is 7. The first-order valence-electron chi connectivity index (χ1n) is 8.57. The Kier molecular flexibility index (Phi) is 5.60. The Balaban J connectivity index is 1.73. The highest BCUT2D eigenvalue weighted by Gasteiger charge is 2.20. The molecule has 140 valence electrons. The number of methoxy groups -OCH3 is 3. The smallest absolute Gasteiger partial charge is 0.227 e. The summed E-state index contributed by atoms with van der Waals surface area (Å²) in [6, 6.07) is 3.51. The first-order valence-corrected chi connectivity index (χ1v) is 8.57. The number of aromatic nitrogens is 2. The molecule has 0 spiro atoms. The molecule has 1 aliphatic heterocycles. The maximum Gasteiger partial charge on any atom is 0.227 e. The summed E-state index contributed by atoms with van der Waals surface area (Å²) in [5.74, 6) is 2.50. The predicted molar refractivity (Wildman–Crippen MR) is 93.5 cm³/mol. The number of rotatable bonds is 7. The van der Waals surface area contributed by atoms with Crippen molar-refractivity contribution in [3.8, 4) is 28.6 Å². The van der Waals surface area contributed by atoms with Gasteiger partial charge in [0.2, 0.25) is 23.4 Å². The molecule has 26 heavy (non-hydrogen) atoms.